The zero-order valence-electron chi connectivity index (χ0n) is 10.8. The van der Waals surface area contributed by atoms with Crippen LogP contribution in [0, 0.1) is 10.7 Å². The molecule has 0 aliphatic carbocycles. The maximum absolute atomic E-state index is 13.2. The Morgan fingerprint density at radius 1 is 0.958 bits per heavy atom. The summed E-state index contributed by atoms with van der Waals surface area (Å²) in [5.74, 6) is -3.64. The molecule has 0 radical (unpaired) electrons. The fraction of sp³-hybridized carbons (Fsp3) is 0.400. The Balaban J connectivity index is 3.67. The number of ether oxygens (including phenoxy) is 1. The lowest BCUT2D eigenvalue weighted by Gasteiger charge is -2.38. The highest BCUT2D eigenvalue weighted by molar-refractivity contribution is 14.1. The van der Waals surface area contributed by atoms with Crippen molar-refractivity contribution in [3.8, 4) is 5.75 Å². The lowest BCUT2D eigenvalue weighted by atomic mass is 10.1. The number of rotatable bonds is 4. The van der Waals surface area contributed by atoms with Crippen molar-refractivity contribution < 1.29 is 44.0 Å². The zero-order chi connectivity index (χ0) is 19.1. The van der Waals surface area contributed by atoms with Crippen molar-refractivity contribution in [2.45, 2.75) is 18.0 Å². The van der Waals surface area contributed by atoms with Crippen LogP contribution >= 0.6 is 67.8 Å². The second-order valence-electron chi connectivity index (χ2n) is 4.33. The topological polar surface area (TPSA) is 66.4 Å². The lowest BCUT2D eigenvalue weighted by Crippen LogP contribution is -2.65. The zero-order valence-corrected chi connectivity index (χ0v) is 18.1. The van der Waals surface area contributed by atoms with Crippen LogP contribution in [-0.2, 0) is 10.1 Å². The fourth-order valence-electron chi connectivity index (χ4n) is 1.52. The molecule has 0 bridgehead atoms. The fourth-order valence-corrected chi connectivity index (χ4v) is 6.21. The molecule has 0 aliphatic rings. The molecule has 4 nitrogen and oxygen atoms in total. The Morgan fingerprint density at radius 2 is 1.33 bits per heavy atom. The van der Waals surface area contributed by atoms with Gasteiger partial charge in [0.2, 0.25) is 0 Å². The third-order valence-electron chi connectivity index (χ3n) is 2.54. The number of alkyl halides is 6. The second kappa shape index (κ2) is 7.37. The molecule has 0 spiro atoms. The van der Waals surface area contributed by atoms with E-state index in [1.807, 2.05) is 0 Å². The minimum absolute atomic E-state index is 0.106. The molecular formula is C10H4F6I3O4S-. The van der Waals surface area contributed by atoms with Crippen molar-refractivity contribution in [1.29, 1.82) is 0 Å². The predicted octanol–water partition coefficient (Wildman–Crippen LogP) is 4.29. The maximum atomic E-state index is 13.2. The highest BCUT2D eigenvalue weighted by atomic mass is 127. The first kappa shape index (κ1) is 22.7. The molecule has 0 amide bonds. The van der Waals surface area contributed by atoms with Gasteiger partial charge in [0.15, 0.2) is 0 Å². The first-order valence-corrected chi connectivity index (χ1v) is 10.2. The van der Waals surface area contributed by atoms with Crippen LogP contribution in [0.1, 0.15) is 0 Å². The van der Waals surface area contributed by atoms with E-state index >= 15 is 0 Å². The maximum Gasteiger partial charge on any atom is 0.438 e. The summed E-state index contributed by atoms with van der Waals surface area (Å²) in [6, 6.07) is 2.48. The van der Waals surface area contributed by atoms with E-state index in [1.165, 1.54) is 57.3 Å². The molecule has 1 rings (SSSR count). The van der Waals surface area contributed by atoms with Crippen molar-refractivity contribution in [1.82, 2.24) is 0 Å². The van der Waals surface area contributed by atoms with E-state index < -0.39 is 39.6 Å². The standard InChI is InChI=1S/C10H5F6I3O4S/c11-9(12,13)8(10(14,15)16,3-24(20,21)22)23-7-5(18)1-4(17)2-6(7)19/h1-2H,3H2,(H,20,21,22)/p-1. The molecule has 14 heteroatoms. The average molecular weight is 715 g/mol. The quantitative estimate of drug-likeness (QED) is 0.266. The van der Waals surface area contributed by atoms with E-state index in [4.69, 9.17) is 0 Å². The van der Waals surface area contributed by atoms with Crippen molar-refractivity contribution in [3.05, 3.63) is 22.8 Å². The van der Waals surface area contributed by atoms with Crippen LogP contribution in [0.25, 0.3) is 0 Å². The van der Waals surface area contributed by atoms with Gasteiger partial charge in [-0.3, -0.25) is 0 Å². The molecule has 1 aromatic rings. The van der Waals surface area contributed by atoms with E-state index in [9.17, 15) is 39.3 Å². The minimum Gasteiger partial charge on any atom is -0.748 e. The van der Waals surface area contributed by atoms with Crippen LogP contribution in [0.3, 0.4) is 0 Å². The van der Waals surface area contributed by atoms with E-state index in [2.05, 4.69) is 4.74 Å². The van der Waals surface area contributed by atoms with E-state index in [1.54, 1.807) is 22.6 Å². The van der Waals surface area contributed by atoms with Gasteiger partial charge in [0.1, 0.15) is 5.75 Å². The summed E-state index contributed by atoms with van der Waals surface area (Å²) in [5, 5.41) is 0. The average Bonchev–Trinajstić information content (AvgIpc) is 2.27. The normalized spacial score (nSPS) is 13.9. The Kier molecular flexibility index (Phi) is 6.99. The number of halogens is 9. The van der Waals surface area contributed by atoms with Crippen LogP contribution in [-0.4, -0.2) is 36.7 Å². The first-order chi connectivity index (χ1) is 10.5. The summed E-state index contributed by atoms with van der Waals surface area (Å²) in [6.45, 7) is 0. The van der Waals surface area contributed by atoms with Crippen molar-refractivity contribution >= 4 is 77.9 Å². The highest BCUT2D eigenvalue weighted by Gasteiger charge is 2.74. The summed E-state index contributed by atoms with van der Waals surface area (Å²) in [5.41, 5.74) is -5.17. The Morgan fingerprint density at radius 3 is 1.62 bits per heavy atom. The molecule has 1 aromatic carbocycles. The van der Waals surface area contributed by atoms with Gasteiger partial charge in [0, 0.05) is 3.57 Å². The highest BCUT2D eigenvalue weighted by Crippen LogP contribution is 2.48. The van der Waals surface area contributed by atoms with Crippen molar-refractivity contribution in [2.24, 2.45) is 0 Å². The Hall–Kier alpha value is 0.700. The lowest BCUT2D eigenvalue weighted by molar-refractivity contribution is -0.349. The van der Waals surface area contributed by atoms with Crippen molar-refractivity contribution in [2.75, 3.05) is 5.75 Å². The van der Waals surface area contributed by atoms with Crippen LogP contribution in [0.15, 0.2) is 12.1 Å². The molecule has 0 N–H and O–H groups in total. The SMILES string of the molecule is O=S(=O)([O-])CC(Oc1c(I)cc(I)cc1I)(C(F)(F)F)C(F)(F)F. The molecule has 0 heterocycles. The molecule has 0 aliphatic heterocycles. The summed E-state index contributed by atoms with van der Waals surface area (Å²) in [4.78, 5) is 0. The van der Waals surface area contributed by atoms with E-state index in [-0.39, 0.29) is 7.14 Å². The number of benzene rings is 1. The molecule has 24 heavy (non-hydrogen) atoms. The third-order valence-corrected chi connectivity index (χ3v) is 5.52. The summed E-state index contributed by atoms with van der Waals surface area (Å²) in [6.07, 6.45) is -12.4. The van der Waals surface area contributed by atoms with E-state index in [0.717, 1.165) is 0 Å². The first-order valence-electron chi connectivity index (χ1n) is 5.41. The monoisotopic (exact) mass is 715 g/mol. The van der Waals surface area contributed by atoms with Crippen LogP contribution in [0.2, 0.25) is 0 Å². The van der Waals surface area contributed by atoms with Gasteiger partial charge in [-0.05, 0) is 79.9 Å². The summed E-state index contributed by atoms with van der Waals surface area (Å²) < 4.78 is 116. The van der Waals surface area contributed by atoms with Gasteiger partial charge in [-0.25, -0.2) is 8.42 Å². The summed E-state index contributed by atoms with van der Waals surface area (Å²) >= 11 is 4.68. The van der Waals surface area contributed by atoms with Gasteiger partial charge >= 0.3 is 18.0 Å². The van der Waals surface area contributed by atoms with Gasteiger partial charge in [0.05, 0.1) is 23.0 Å². The smallest absolute Gasteiger partial charge is 0.438 e. The molecule has 0 fully saturated rings. The number of hydrogen-bond acceptors (Lipinski definition) is 4. The molecule has 0 aromatic heterocycles. The van der Waals surface area contributed by atoms with Crippen LogP contribution in [0.5, 0.6) is 5.75 Å². The number of hydrogen-bond donors (Lipinski definition) is 0. The second-order valence-corrected chi connectivity index (χ2v) is 9.30. The van der Waals surface area contributed by atoms with Gasteiger partial charge in [-0.15, -0.1) is 0 Å². The minimum atomic E-state index is -6.20. The van der Waals surface area contributed by atoms with Crippen LogP contribution < -0.4 is 4.74 Å². The molecule has 0 atom stereocenters. The summed E-state index contributed by atoms with van der Waals surface area (Å²) in [7, 11) is -5.92. The molecule has 0 saturated heterocycles. The van der Waals surface area contributed by atoms with Crippen molar-refractivity contribution in [3.63, 3.8) is 0 Å². The van der Waals surface area contributed by atoms with Gasteiger partial charge < -0.3 is 9.29 Å². The Bertz CT molecular complexity index is 694. The largest absolute Gasteiger partial charge is 0.748 e. The van der Waals surface area contributed by atoms with Crippen LogP contribution in [0.4, 0.5) is 26.3 Å². The van der Waals surface area contributed by atoms with E-state index in [0.29, 0.717) is 3.57 Å². The molecular weight excluding hydrogens is 711 g/mol. The molecule has 0 saturated carbocycles. The molecule has 138 valence electrons. The third kappa shape index (κ3) is 5.12. The van der Waals surface area contributed by atoms with Gasteiger partial charge in [-0.2, -0.15) is 26.3 Å². The van der Waals surface area contributed by atoms with Gasteiger partial charge in [0.25, 0.3) is 0 Å². The predicted molar refractivity (Wildman–Crippen MR) is 94.6 cm³/mol. The Labute approximate surface area is 172 Å². The van der Waals surface area contributed by atoms with Gasteiger partial charge in [-0.1, -0.05) is 0 Å². The molecule has 0 unspecified atom stereocenters.